The van der Waals surface area contributed by atoms with Crippen molar-refractivity contribution in [1.29, 1.82) is 0 Å². The molecule has 0 saturated heterocycles. The molecule has 0 bridgehead atoms. The summed E-state index contributed by atoms with van der Waals surface area (Å²) in [7, 11) is 3.71. The molecule has 6 nitrogen and oxygen atoms in total. The third-order valence-corrected chi connectivity index (χ3v) is 4.29. The second-order valence-corrected chi connectivity index (χ2v) is 5.57. The maximum atomic E-state index is 12.1. The van der Waals surface area contributed by atoms with Crippen molar-refractivity contribution < 1.29 is 9.90 Å². The van der Waals surface area contributed by atoms with Crippen molar-refractivity contribution in [2.24, 2.45) is 13.0 Å². The van der Waals surface area contributed by atoms with Crippen molar-refractivity contribution in [3.05, 3.63) is 18.0 Å². The summed E-state index contributed by atoms with van der Waals surface area (Å²) in [5.74, 6) is 0.414. The van der Waals surface area contributed by atoms with Crippen LogP contribution in [0.5, 0.6) is 0 Å². The minimum Gasteiger partial charge on any atom is -0.396 e. The summed E-state index contributed by atoms with van der Waals surface area (Å²) in [5, 5.41) is 16.1. The number of nitrogens with zero attached hydrogens (tertiary/aromatic N) is 3. The predicted molar refractivity (Wildman–Crippen MR) is 76.0 cm³/mol. The third-order valence-electron chi connectivity index (χ3n) is 4.29. The van der Waals surface area contributed by atoms with Crippen LogP contribution in [0.3, 0.4) is 0 Å². The molecule has 1 aromatic heterocycles. The number of aryl methyl sites for hydroxylation is 1. The van der Waals surface area contributed by atoms with Crippen LogP contribution in [0.4, 0.5) is 4.79 Å². The summed E-state index contributed by atoms with van der Waals surface area (Å²) in [6.45, 7) is 0.759. The number of aliphatic hydroxyl groups excluding tert-OH is 1. The third kappa shape index (κ3) is 3.50. The molecule has 20 heavy (non-hydrogen) atoms. The summed E-state index contributed by atoms with van der Waals surface area (Å²) in [4.78, 5) is 13.9. The zero-order valence-electron chi connectivity index (χ0n) is 12.2. The molecule has 1 aliphatic carbocycles. The molecule has 1 aromatic rings. The van der Waals surface area contributed by atoms with Crippen molar-refractivity contribution in [3.63, 3.8) is 0 Å². The van der Waals surface area contributed by atoms with E-state index in [0.29, 0.717) is 12.5 Å². The Kier molecular flexibility index (Phi) is 5.00. The summed E-state index contributed by atoms with van der Waals surface area (Å²) in [5.41, 5.74) is 0.982. The van der Waals surface area contributed by atoms with E-state index >= 15 is 0 Å². The number of carbonyl (C=O) groups is 1. The SMILES string of the molecule is CN(C(=O)NCc1ccnn1C)C1CCC(CO)CC1. The van der Waals surface area contributed by atoms with Gasteiger partial charge in [-0.3, -0.25) is 4.68 Å². The molecule has 0 aliphatic heterocycles. The maximum Gasteiger partial charge on any atom is 0.317 e. The van der Waals surface area contributed by atoms with Gasteiger partial charge in [0, 0.05) is 32.9 Å². The van der Waals surface area contributed by atoms with Gasteiger partial charge in [0.25, 0.3) is 0 Å². The van der Waals surface area contributed by atoms with Gasteiger partial charge in [-0.1, -0.05) is 0 Å². The lowest BCUT2D eigenvalue weighted by Gasteiger charge is -2.34. The fourth-order valence-electron chi connectivity index (χ4n) is 2.75. The average Bonchev–Trinajstić information content (AvgIpc) is 2.89. The van der Waals surface area contributed by atoms with E-state index in [1.807, 2.05) is 20.2 Å². The first kappa shape index (κ1) is 14.8. The number of hydrogen-bond donors (Lipinski definition) is 2. The molecule has 0 aromatic carbocycles. The van der Waals surface area contributed by atoms with Gasteiger partial charge in [0.2, 0.25) is 0 Å². The van der Waals surface area contributed by atoms with Gasteiger partial charge in [-0.25, -0.2) is 4.79 Å². The minimum absolute atomic E-state index is 0.0429. The second-order valence-electron chi connectivity index (χ2n) is 5.57. The van der Waals surface area contributed by atoms with E-state index in [-0.39, 0.29) is 18.7 Å². The number of nitrogens with one attached hydrogen (secondary N) is 1. The van der Waals surface area contributed by atoms with E-state index in [2.05, 4.69) is 10.4 Å². The smallest absolute Gasteiger partial charge is 0.317 e. The Labute approximate surface area is 119 Å². The molecule has 0 atom stereocenters. The maximum absolute atomic E-state index is 12.1. The van der Waals surface area contributed by atoms with Gasteiger partial charge in [0.15, 0.2) is 0 Å². The van der Waals surface area contributed by atoms with Crippen LogP contribution in [-0.2, 0) is 13.6 Å². The van der Waals surface area contributed by atoms with E-state index in [4.69, 9.17) is 5.11 Å². The zero-order valence-corrected chi connectivity index (χ0v) is 12.2. The Hall–Kier alpha value is -1.56. The Morgan fingerprint density at radius 3 is 2.75 bits per heavy atom. The molecule has 0 spiro atoms. The predicted octanol–water partition coefficient (Wildman–Crippen LogP) is 1.11. The highest BCUT2D eigenvalue weighted by Crippen LogP contribution is 2.26. The van der Waals surface area contributed by atoms with E-state index in [0.717, 1.165) is 31.4 Å². The van der Waals surface area contributed by atoms with Gasteiger partial charge in [-0.05, 0) is 37.7 Å². The second kappa shape index (κ2) is 6.74. The minimum atomic E-state index is -0.0429. The highest BCUT2D eigenvalue weighted by atomic mass is 16.3. The number of aliphatic hydroxyl groups is 1. The monoisotopic (exact) mass is 280 g/mol. The molecule has 2 rings (SSSR count). The quantitative estimate of drug-likeness (QED) is 0.868. The summed E-state index contributed by atoms with van der Waals surface area (Å²) < 4.78 is 1.76. The molecule has 0 radical (unpaired) electrons. The lowest BCUT2D eigenvalue weighted by molar-refractivity contribution is 0.134. The van der Waals surface area contributed by atoms with Gasteiger partial charge in [-0.2, -0.15) is 5.10 Å². The van der Waals surface area contributed by atoms with E-state index < -0.39 is 0 Å². The highest BCUT2D eigenvalue weighted by Gasteiger charge is 2.26. The molecular weight excluding hydrogens is 256 g/mol. The molecule has 1 heterocycles. The van der Waals surface area contributed by atoms with Crippen molar-refractivity contribution in [1.82, 2.24) is 20.0 Å². The lowest BCUT2D eigenvalue weighted by atomic mass is 9.86. The molecule has 2 amide bonds. The van der Waals surface area contributed by atoms with Crippen LogP contribution in [0.1, 0.15) is 31.4 Å². The highest BCUT2D eigenvalue weighted by molar-refractivity contribution is 5.74. The molecule has 1 saturated carbocycles. The normalized spacial score (nSPS) is 22.6. The molecule has 1 fully saturated rings. The number of rotatable bonds is 4. The van der Waals surface area contributed by atoms with Gasteiger partial charge >= 0.3 is 6.03 Å². The Balaban J connectivity index is 1.79. The summed E-state index contributed by atoms with van der Waals surface area (Å²) >= 11 is 0. The number of amides is 2. The topological polar surface area (TPSA) is 70.4 Å². The molecule has 0 unspecified atom stereocenters. The van der Waals surface area contributed by atoms with Gasteiger partial charge < -0.3 is 15.3 Å². The lowest BCUT2D eigenvalue weighted by Crippen LogP contribution is -2.45. The van der Waals surface area contributed by atoms with Crippen molar-refractivity contribution in [2.45, 2.75) is 38.3 Å². The summed E-state index contributed by atoms with van der Waals surface area (Å²) in [6.07, 6.45) is 5.67. The number of aromatic nitrogens is 2. The first-order chi connectivity index (χ1) is 9.61. The van der Waals surface area contributed by atoms with Crippen molar-refractivity contribution >= 4 is 6.03 Å². The fourth-order valence-corrected chi connectivity index (χ4v) is 2.75. The van der Waals surface area contributed by atoms with Crippen LogP contribution in [0.15, 0.2) is 12.3 Å². The largest absolute Gasteiger partial charge is 0.396 e. The molecular formula is C14H24N4O2. The van der Waals surface area contributed by atoms with Gasteiger partial charge in [0.1, 0.15) is 0 Å². The van der Waals surface area contributed by atoms with E-state index in [1.165, 1.54) is 0 Å². The van der Waals surface area contributed by atoms with Crippen LogP contribution < -0.4 is 5.32 Å². The molecule has 6 heteroatoms. The standard InChI is InChI=1S/C14H24N4O2/c1-17(12-5-3-11(10-19)4-6-12)14(20)15-9-13-7-8-16-18(13)2/h7-8,11-12,19H,3-6,9-10H2,1-2H3,(H,15,20). The zero-order chi connectivity index (χ0) is 14.5. The number of urea groups is 1. The van der Waals surface area contributed by atoms with Crippen LogP contribution in [0.2, 0.25) is 0 Å². The van der Waals surface area contributed by atoms with Crippen LogP contribution >= 0.6 is 0 Å². The van der Waals surface area contributed by atoms with Crippen molar-refractivity contribution in [3.8, 4) is 0 Å². The Morgan fingerprint density at radius 2 is 2.20 bits per heavy atom. The number of carbonyl (C=O) groups excluding carboxylic acids is 1. The van der Waals surface area contributed by atoms with Crippen LogP contribution in [0.25, 0.3) is 0 Å². The van der Waals surface area contributed by atoms with E-state index in [9.17, 15) is 4.79 Å². The van der Waals surface area contributed by atoms with Crippen LogP contribution in [0, 0.1) is 5.92 Å². The Bertz CT molecular complexity index is 438. The first-order valence-corrected chi connectivity index (χ1v) is 7.20. The van der Waals surface area contributed by atoms with Crippen LogP contribution in [-0.4, -0.2) is 45.5 Å². The molecule has 2 N–H and O–H groups in total. The van der Waals surface area contributed by atoms with Gasteiger partial charge in [-0.15, -0.1) is 0 Å². The van der Waals surface area contributed by atoms with Crippen molar-refractivity contribution in [2.75, 3.05) is 13.7 Å². The number of hydrogen-bond acceptors (Lipinski definition) is 3. The van der Waals surface area contributed by atoms with Gasteiger partial charge in [0.05, 0.1) is 12.2 Å². The molecule has 1 aliphatic rings. The average molecular weight is 280 g/mol. The molecule has 112 valence electrons. The summed E-state index contributed by atoms with van der Waals surface area (Å²) in [6, 6.07) is 2.13. The fraction of sp³-hybridized carbons (Fsp3) is 0.714. The first-order valence-electron chi connectivity index (χ1n) is 7.20. The van der Waals surface area contributed by atoms with E-state index in [1.54, 1.807) is 15.8 Å². The Morgan fingerprint density at radius 1 is 1.50 bits per heavy atom.